The van der Waals surface area contributed by atoms with E-state index in [1.165, 1.54) is 4.88 Å². The Hall–Kier alpha value is -2.16. The average Bonchev–Trinajstić information content (AvgIpc) is 3.04. The maximum atomic E-state index is 13.5. The first-order valence-corrected chi connectivity index (χ1v) is 11.0. The van der Waals surface area contributed by atoms with E-state index >= 15 is 0 Å². The quantitative estimate of drug-likeness (QED) is 0.509. The van der Waals surface area contributed by atoms with Crippen molar-refractivity contribution in [1.29, 1.82) is 0 Å². The number of thioether (sulfide) groups is 1. The van der Waals surface area contributed by atoms with Gasteiger partial charge in [0.2, 0.25) is 0 Å². The van der Waals surface area contributed by atoms with Crippen LogP contribution in [0, 0.1) is 0 Å². The largest absolute Gasteiger partial charge is 0.481 e. The first-order valence-electron chi connectivity index (χ1n) is 9.17. The van der Waals surface area contributed by atoms with Gasteiger partial charge in [0.25, 0.3) is 5.56 Å². The molecule has 28 heavy (non-hydrogen) atoms. The van der Waals surface area contributed by atoms with E-state index in [9.17, 15) is 9.59 Å². The van der Waals surface area contributed by atoms with Gasteiger partial charge >= 0.3 is 5.97 Å². The number of aliphatic carboxylic acids is 1. The second kappa shape index (κ2) is 7.69. The Bertz CT molecular complexity index is 1090. The monoisotopic (exact) mass is 415 g/mol. The molecule has 0 spiro atoms. The lowest BCUT2D eigenvalue weighted by Gasteiger charge is -2.30. The van der Waals surface area contributed by atoms with Crippen molar-refractivity contribution in [3.63, 3.8) is 0 Å². The highest BCUT2D eigenvalue weighted by molar-refractivity contribution is 7.99. The van der Waals surface area contributed by atoms with Crippen molar-refractivity contribution in [3.8, 4) is 5.69 Å². The van der Waals surface area contributed by atoms with Crippen molar-refractivity contribution in [2.75, 3.05) is 12.3 Å². The third kappa shape index (κ3) is 3.47. The standard InChI is InChI=1S/C20H21N3O3S2/c1-12(2)22-9-8-14-15(10-22)28-18-17(14)19(26)23(13-6-4-3-5-7-13)20(21-18)27-11-16(24)25/h3-7,12H,8-11H2,1-2H3,(H,24,25). The van der Waals surface area contributed by atoms with Crippen LogP contribution in [0.5, 0.6) is 0 Å². The Morgan fingerprint density at radius 2 is 2.07 bits per heavy atom. The van der Waals surface area contributed by atoms with Crippen LogP contribution in [0.4, 0.5) is 0 Å². The van der Waals surface area contributed by atoms with Gasteiger partial charge in [-0.15, -0.1) is 11.3 Å². The van der Waals surface area contributed by atoms with Crippen molar-refractivity contribution in [1.82, 2.24) is 14.5 Å². The molecule has 3 aromatic rings. The predicted octanol–water partition coefficient (Wildman–Crippen LogP) is 3.39. The minimum atomic E-state index is -0.933. The number of rotatable bonds is 5. The highest BCUT2D eigenvalue weighted by Crippen LogP contribution is 2.34. The van der Waals surface area contributed by atoms with Crippen LogP contribution >= 0.6 is 23.1 Å². The lowest BCUT2D eigenvalue weighted by molar-refractivity contribution is -0.133. The van der Waals surface area contributed by atoms with Gasteiger partial charge in [-0.1, -0.05) is 30.0 Å². The summed E-state index contributed by atoms with van der Waals surface area (Å²) >= 11 is 2.64. The molecule has 0 amide bonds. The Morgan fingerprint density at radius 3 is 2.75 bits per heavy atom. The first kappa shape index (κ1) is 19.2. The number of carboxylic acid groups (broad SMARTS) is 1. The number of benzene rings is 1. The van der Waals surface area contributed by atoms with Crippen LogP contribution < -0.4 is 5.56 Å². The molecule has 0 radical (unpaired) electrons. The van der Waals surface area contributed by atoms with E-state index < -0.39 is 5.97 Å². The van der Waals surface area contributed by atoms with E-state index in [0.29, 0.717) is 27.1 Å². The average molecular weight is 416 g/mol. The van der Waals surface area contributed by atoms with Crippen LogP contribution in [0.3, 0.4) is 0 Å². The van der Waals surface area contributed by atoms with Crippen LogP contribution in [-0.4, -0.2) is 43.9 Å². The number of thiophene rings is 1. The molecule has 0 unspecified atom stereocenters. The molecule has 0 aliphatic carbocycles. The third-order valence-corrected chi connectivity index (χ3v) is 6.98. The van der Waals surface area contributed by atoms with Crippen LogP contribution in [0.1, 0.15) is 24.3 Å². The van der Waals surface area contributed by atoms with Crippen LogP contribution in [0.25, 0.3) is 15.9 Å². The Balaban J connectivity index is 1.91. The molecule has 1 aromatic carbocycles. The van der Waals surface area contributed by atoms with Crippen LogP contribution in [0.2, 0.25) is 0 Å². The lowest BCUT2D eigenvalue weighted by Crippen LogP contribution is -2.35. The second-order valence-electron chi connectivity index (χ2n) is 7.05. The molecular formula is C20H21N3O3S2. The number of fused-ring (bicyclic) bond motifs is 3. The molecular weight excluding hydrogens is 394 g/mol. The van der Waals surface area contributed by atoms with E-state index in [2.05, 4.69) is 18.7 Å². The fourth-order valence-electron chi connectivity index (χ4n) is 3.51. The minimum absolute atomic E-state index is 0.111. The van der Waals surface area contributed by atoms with Gasteiger partial charge in [-0.05, 0) is 38.0 Å². The van der Waals surface area contributed by atoms with Gasteiger partial charge in [0.15, 0.2) is 5.16 Å². The summed E-state index contributed by atoms with van der Waals surface area (Å²) in [6.45, 7) is 6.12. The molecule has 1 aliphatic rings. The number of hydrogen-bond donors (Lipinski definition) is 1. The van der Waals surface area contributed by atoms with Gasteiger partial charge in [0, 0.05) is 24.0 Å². The van der Waals surface area contributed by atoms with Gasteiger partial charge in [-0.3, -0.25) is 19.1 Å². The number of hydrogen-bond acceptors (Lipinski definition) is 6. The molecule has 0 fully saturated rings. The van der Waals surface area contributed by atoms with E-state index in [-0.39, 0.29) is 11.3 Å². The smallest absolute Gasteiger partial charge is 0.313 e. The van der Waals surface area contributed by atoms with Gasteiger partial charge in [0.1, 0.15) is 4.83 Å². The number of nitrogens with zero attached hydrogens (tertiary/aromatic N) is 3. The van der Waals surface area contributed by atoms with Crippen LogP contribution in [0.15, 0.2) is 40.3 Å². The summed E-state index contributed by atoms with van der Waals surface area (Å²) in [5.41, 5.74) is 1.70. The molecule has 0 saturated heterocycles. The fraction of sp³-hybridized carbons (Fsp3) is 0.350. The van der Waals surface area contributed by atoms with Crippen molar-refractivity contribution in [2.24, 2.45) is 0 Å². The van der Waals surface area contributed by atoms with Crippen molar-refractivity contribution in [2.45, 2.75) is 38.0 Å². The highest BCUT2D eigenvalue weighted by Gasteiger charge is 2.26. The molecule has 0 atom stereocenters. The second-order valence-corrected chi connectivity index (χ2v) is 9.08. The molecule has 6 nitrogen and oxygen atoms in total. The number of carbonyl (C=O) groups is 1. The molecule has 1 aliphatic heterocycles. The topological polar surface area (TPSA) is 75.4 Å². The van der Waals surface area contributed by atoms with Gasteiger partial charge in [0.05, 0.1) is 16.8 Å². The van der Waals surface area contributed by atoms with Gasteiger partial charge < -0.3 is 5.11 Å². The number of carboxylic acids is 1. The zero-order valence-electron chi connectivity index (χ0n) is 15.7. The zero-order valence-corrected chi connectivity index (χ0v) is 17.3. The van der Waals surface area contributed by atoms with E-state index in [1.807, 2.05) is 30.3 Å². The number of para-hydroxylation sites is 1. The van der Waals surface area contributed by atoms with Crippen molar-refractivity contribution >= 4 is 39.3 Å². The minimum Gasteiger partial charge on any atom is -0.481 e. The summed E-state index contributed by atoms with van der Waals surface area (Å²) < 4.78 is 1.55. The maximum absolute atomic E-state index is 13.5. The highest BCUT2D eigenvalue weighted by atomic mass is 32.2. The Morgan fingerprint density at radius 1 is 1.32 bits per heavy atom. The molecule has 146 valence electrons. The number of aromatic nitrogens is 2. The Kier molecular flexibility index (Phi) is 5.27. The zero-order chi connectivity index (χ0) is 19.8. The molecule has 0 saturated carbocycles. The first-order chi connectivity index (χ1) is 13.5. The van der Waals surface area contributed by atoms with Gasteiger partial charge in [-0.25, -0.2) is 4.98 Å². The molecule has 1 N–H and O–H groups in total. The van der Waals surface area contributed by atoms with E-state index in [1.54, 1.807) is 15.9 Å². The summed E-state index contributed by atoms with van der Waals surface area (Å²) in [7, 11) is 0. The molecule has 2 aromatic heterocycles. The Labute approximate surface area is 170 Å². The van der Waals surface area contributed by atoms with Gasteiger partial charge in [-0.2, -0.15) is 0 Å². The maximum Gasteiger partial charge on any atom is 0.313 e. The summed E-state index contributed by atoms with van der Waals surface area (Å²) in [5, 5.41) is 10.2. The SMILES string of the molecule is CC(C)N1CCc2c(sc3nc(SCC(=O)O)n(-c4ccccc4)c(=O)c23)C1. The summed E-state index contributed by atoms with van der Waals surface area (Å²) in [4.78, 5) is 33.6. The third-order valence-electron chi connectivity index (χ3n) is 4.94. The lowest BCUT2D eigenvalue weighted by atomic mass is 10.0. The summed E-state index contributed by atoms with van der Waals surface area (Å²) in [5.74, 6) is -1.08. The van der Waals surface area contributed by atoms with E-state index in [0.717, 1.165) is 36.8 Å². The molecule has 8 heteroatoms. The normalized spacial score (nSPS) is 14.5. The fourth-order valence-corrected chi connectivity index (χ4v) is 5.53. The van der Waals surface area contributed by atoms with Crippen molar-refractivity contribution < 1.29 is 9.90 Å². The summed E-state index contributed by atoms with van der Waals surface area (Å²) in [6.07, 6.45) is 0.834. The van der Waals surface area contributed by atoms with Crippen LogP contribution in [-0.2, 0) is 17.8 Å². The predicted molar refractivity (Wildman–Crippen MR) is 113 cm³/mol. The van der Waals surface area contributed by atoms with Crippen molar-refractivity contribution in [3.05, 3.63) is 51.1 Å². The molecule has 4 rings (SSSR count). The van der Waals surface area contributed by atoms with E-state index in [4.69, 9.17) is 10.1 Å². The molecule has 0 bridgehead atoms. The molecule has 3 heterocycles. The summed E-state index contributed by atoms with van der Waals surface area (Å²) in [6, 6.07) is 9.76.